The van der Waals surface area contributed by atoms with Gasteiger partial charge in [-0.1, -0.05) is 0 Å². The van der Waals surface area contributed by atoms with Crippen molar-refractivity contribution in [2.75, 3.05) is 0 Å². The minimum absolute atomic E-state index is 0.0155. The second-order valence-corrected chi connectivity index (χ2v) is 5.76. The second kappa shape index (κ2) is 5.23. The summed E-state index contributed by atoms with van der Waals surface area (Å²) in [5.41, 5.74) is 0.371. The third kappa shape index (κ3) is 2.53. The minimum atomic E-state index is -0.477. The molecule has 0 spiro atoms. The first-order valence-electron chi connectivity index (χ1n) is 7.09. The van der Waals surface area contributed by atoms with Gasteiger partial charge < -0.3 is 4.74 Å². The van der Waals surface area contributed by atoms with Gasteiger partial charge >= 0.3 is 5.97 Å². The zero-order valence-electron chi connectivity index (χ0n) is 11.2. The minimum Gasteiger partial charge on any atom is -0.458 e. The van der Waals surface area contributed by atoms with Gasteiger partial charge in [0.25, 0.3) is 5.69 Å². The average molecular weight is 275 g/mol. The van der Waals surface area contributed by atoms with Crippen molar-refractivity contribution >= 4 is 11.7 Å². The van der Waals surface area contributed by atoms with Gasteiger partial charge in [-0.2, -0.15) is 0 Å². The van der Waals surface area contributed by atoms with Crippen molar-refractivity contribution in [1.29, 1.82) is 0 Å². The molecule has 0 saturated heterocycles. The number of hydrogen-bond donors (Lipinski definition) is 0. The Hall–Kier alpha value is -1.91. The maximum Gasteiger partial charge on any atom is 0.338 e. The lowest BCUT2D eigenvalue weighted by molar-refractivity contribution is -0.384. The van der Waals surface area contributed by atoms with Crippen LogP contribution in [0.2, 0.25) is 0 Å². The van der Waals surface area contributed by atoms with E-state index in [4.69, 9.17) is 4.74 Å². The van der Waals surface area contributed by atoms with Crippen molar-refractivity contribution in [3.63, 3.8) is 0 Å². The molecule has 0 amide bonds. The van der Waals surface area contributed by atoms with Crippen LogP contribution < -0.4 is 0 Å². The first-order chi connectivity index (χ1) is 9.63. The SMILES string of the molecule is O=C(O[C@H]1CC2CCC1CC2)c1ccc([N+](=O)[O-])cc1. The molecule has 0 aliphatic heterocycles. The Morgan fingerprint density at radius 1 is 1.15 bits per heavy atom. The average Bonchev–Trinajstić information content (AvgIpc) is 2.48. The summed E-state index contributed by atoms with van der Waals surface area (Å²) < 4.78 is 5.60. The Balaban J connectivity index is 1.65. The van der Waals surface area contributed by atoms with Crippen molar-refractivity contribution < 1.29 is 14.5 Å². The molecule has 0 radical (unpaired) electrons. The highest BCUT2D eigenvalue weighted by molar-refractivity contribution is 5.89. The van der Waals surface area contributed by atoms with Gasteiger partial charge in [0.2, 0.25) is 0 Å². The third-order valence-corrected chi connectivity index (χ3v) is 4.56. The molecule has 3 fully saturated rings. The zero-order chi connectivity index (χ0) is 14.1. The lowest BCUT2D eigenvalue weighted by Crippen LogP contribution is -2.38. The van der Waals surface area contributed by atoms with E-state index in [9.17, 15) is 14.9 Å². The number of benzene rings is 1. The van der Waals surface area contributed by atoms with Crippen molar-refractivity contribution in [3.05, 3.63) is 39.9 Å². The molecule has 1 aromatic rings. The molecule has 3 saturated carbocycles. The van der Waals surface area contributed by atoms with E-state index in [1.54, 1.807) is 0 Å². The highest BCUT2D eigenvalue weighted by atomic mass is 16.6. The van der Waals surface area contributed by atoms with E-state index in [0.717, 1.165) is 19.3 Å². The first kappa shape index (κ1) is 13.1. The van der Waals surface area contributed by atoms with Gasteiger partial charge in [0.15, 0.2) is 0 Å². The number of carbonyl (C=O) groups excluding carboxylic acids is 1. The monoisotopic (exact) mass is 275 g/mol. The first-order valence-corrected chi connectivity index (χ1v) is 7.09. The molecule has 3 aliphatic carbocycles. The smallest absolute Gasteiger partial charge is 0.338 e. The molecule has 2 bridgehead atoms. The van der Waals surface area contributed by atoms with Crippen LogP contribution in [-0.4, -0.2) is 17.0 Å². The molecule has 1 aromatic carbocycles. The molecule has 5 heteroatoms. The van der Waals surface area contributed by atoms with Crippen LogP contribution in [0.15, 0.2) is 24.3 Å². The summed E-state index contributed by atoms with van der Waals surface area (Å²) in [4.78, 5) is 22.2. The van der Waals surface area contributed by atoms with Crippen LogP contribution in [0.4, 0.5) is 5.69 Å². The summed E-state index contributed by atoms with van der Waals surface area (Å²) in [5.74, 6) is 0.842. The summed E-state index contributed by atoms with van der Waals surface area (Å²) >= 11 is 0. The van der Waals surface area contributed by atoms with Gasteiger partial charge in [0, 0.05) is 12.1 Å². The summed E-state index contributed by atoms with van der Waals surface area (Å²) in [5, 5.41) is 10.6. The van der Waals surface area contributed by atoms with Crippen LogP contribution in [0.3, 0.4) is 0 Å². The Morgan fingerprint density at radius 2 is 1.80 bits per heavy atom. The molecular weight excluding hydrogens is 258 g/mol. The van der Waals surface area contributed by atoms with E-state index in [0.29, 0.717) is 17.4 Å². The predicted octanol–water partition coefficient (Wildman–Crippen LogP) is 3.33. The maximum atomic E-state index is 12.1. The number of nitro groups is 1. The Kier molecular flexibility index (Phi) is 3.42. The second-order valence-electron chi connectivity index (χ2n) is 5.76. The lowest BCUT2D eigenvalue weighted by atomic mass is 9.69. The molecular formula is C15H17NO4. The molecule has 5 nitrogen and oxygen atoms in total. The number of carbonyl (C=O) groups is 1. The van der Waals surface area contributed by atoms with Gasteiger partial charge in [0.1, 0.15) is 6.10 Å². The molecule has 0 aromatic heterocycles. The number of esters is 1. The largest absolute Gasteiger partial charge is 0.458 e. The van der Waals surface area contributed by atoms with E-state index in [1.165, 1.54) is 37.1 Å². The fourth-order valence-corrected chi connectivity index (χ4v) is 3.39. The predicted molar refractivity (Wildman–Crippen MR) is 72.4 cm³/mol. The number of ether oxygens (including phenoxy) is 1. The van der Waals surface area contributed by atoms with E-state index in [1.807, 2.05) is 0 Å². The third-order valence-electron chi connectivity index (χ3n) is 4.56. The zero-order valence-corrected chi connectivity index (χ0v) is 11.2. The molecule has 106 valence electrons. The van der Waals surface area contributed by atoms with Crippen molar-refractivity contribution in [2.24, 2.45) is 11.8 Å². The summed E-state index contributed by atoms with van der Waals surface area (Å²) in [6, 6.07) is 5.59. The summed E-state index contributed by atoms with van der Waals surface area (Å²) in [6.07, 6.45) is 5.84. The molecule has 20 heavy (non-hydrogen) atoms. The van der Waals surface area contributed by atoms with Gasteiger partial charge in [-0.3, -0.25) is 10.1 Å². The quantitative estimate of drug-likeness (QED) is 0.482. The van der Waals surface area contributed by atoms with Gasteiger partial charge in [-0.05, 0) is 56.1 Å². The van der Waals surface area contributed by atoms with Crippen LogP contribution in [0.5, 0.6) is 0 Å². The number of nitro benzene ring substituents is 1. The summed E-state index contributed by atoms with van der Waals surface area (Å²) in [6.45, 7) is 0. The summed E-state index contributed by atoms with van der Waals surface area (Å²) in [7, 11) is 0. The van der Waals surface area contributed by atoms with Crippen LogP contribution in [0, 0.1) is 22.0 Å². The molecule has 0 N–H and O–H groups in total. The normalized spacial score (nSPS) is 28.1. The maximum absolute atomic E-state index is 12.1. The highest BCUT2D eigenvalue weighted by Gasteiger charge is 2.37. The van der Waals surface area contributed by atoms with Crippen LogP contribution in [0.25, 0.3) is 0 Å². The Morgan fingerprint density at radius 3 is 2.30 bits per heavy atom. The van der Waals surface area contributed by atoms with E-state index in [2.05, 4.69) is 0 Å². The van der Waals surface area contributed by atoms with Gasteiger partial charge in [-0.25, -0.2) is 4.79 Å². The van der Waals surface area contributed by atoms with Crippen LogP contribution in [0.1, 0.15) is 42.5 Å². The van der Waals surface area contributed by atoms with E-state index in [-0.39, 0.29) is 17.8 Å². The number of non-ortho nitro benzene ring substituents is 1. The fraction of sp³-hybridized carbons (Fsp3) is 0.533. The van der Waals surface area contributed by atoms with Crippen LogP contribution >= 0.6 is 0 Å². The highest BCUT2D eigenvalue weighted by Crippen LogP contribution is 2.42. The fourth-order valence-electron chi connectivity index (χ4n) is 3.39. The van der Waals surface area contributed by atoms with Crippen LogP contribution in [-0.2, 0) is 4.74 Å². The standard InChI is InChI=1S/C15H17NO4/c17-15(12-5-7-13(8-6-12)16(18)19)20-14-9-10-1-3-11(14)4-2-10/h5-8,10-11,14H,1-4,9H2/t10?,11?,14-/m0/s1. The number of hydrogen-bond acceptors (Lipinski definition) is 4. The lowest BCUT2D eigenvalue weighted by Gasteiger charge is -2.41. The molecule has 3 aliphatic rings. The van der Waals surface area contributed by atoms with Gasteiger partial charge in [0.05, 0.1) is 10.5 Å². The van der Waals surface area contributed by atoms with Gasteiger partial charge in [-0.15, -0.1) is 0 Å². The van der Waals surface area contributed by atoms with Crippen molar-refractivity contribution in [1.82, 2.24) is 0 Å². The van der Waals surface area contributed by atoms with Crippen molar-refractivity contribution in [2.45, 2.75) is 38.2 Å². The van der Waals surface area contributed by atoms with E-state index < -0.39 is 4.92 Å². The number of nitrogens with zero attached hydrogens (tertiary/aromatic N) is 1. The number of rotatable bonds is 3. The molecule has 1 atom stereocenters. The molecule has 0 heterocycles. The molecule has 0 unspecified atom stereocenters. The number of fused-ring (bicyclic) bond motifs is 3. The Labute approximate surface area is 117 Å². The van der Waals surface area contributed by atoms with E-state index >= 15 is 0 Å². The topological polar surface area (TPSA) is 69.4 Å². The van der Waals surface area contributed by atoms with Crippen molar-refractivity contribution in [3.8, 4) is 0 Å². The Bertz CT molecular complexity index is 517. The molecule has 4 rings (SSSR count).